The van der Waals surface area contributed by atoms with Crippen LogP contribution in [0.2, 0.25) is 0 Å². The Kier molecular flexibility index (Phi) is 2.96. The van der Waals surface area contributed by atoms with Gasteiger partial charge in [0.15, 0.2) is 0 Å². The second-order valence-corrected chi connectivity index (χ2v) is 3.17. The number of thioether (sulfide) groups is 1. The number of hydrogen-bond donors (Lipinski definition) is 1. The van der Waals surface area contributed by atoms with Crippen LogP contribution in [0.15, 0.2) is 11.2 Å². The Morgan fingerprint density at radius 3 is 3.00 bits per heavy atom. The highest BCUT2D eigenvalue weighted by molar-refractivity contribution is 7.98. The lowest BCUT2D eigenvalue weighted by atomic mass is 10.3. The van der Waals surface area contributed by atoms with Crippen molar-refractivity contribution >= 4 is 11.8 Å². The second kappa shape index (κ2) is 3.78. The molecule has 0 saturated heterocycles. The van der Waals surface area contributed by atoms with Gasteiger partial charge in [0.25, 0.3) is 0 Å². The molecule has 0 radical (unpaired) electrons. The molecule has 0 spiro atoms. The van der Waals surface area contributed by atoms with Gasteiger partial charge in [0.05, 0.1) is 0 Å². The van der Waals surface area contributed by atoms with Crippen LogP contribution in [0.25, 0.3) is 0 Å². The fourth-order valence-corrected chi connectivity index (χ4v) is 1.64. The van der Waals surface area contributed by atoms with Crippen LogP contribution >= 0.6 is 11.8 Å². The lowest BCUT2D eigenvalue weighted by Gasteiger charge is -1.93. The van der Waals surface area contributed by atoms with Crippen LogP contribution in [0.1, 0.15) is 5.56 Å². The maximum Gasteiger partial charge on any atom is 0.121 e. The molecule has 3 nitrogen and oxygen atoms in total. The van der Waals surface area contributed by atoms with Gasteiger partial charge in [-0.05, 0) is 19.2 Å². The molecule has 0 aromatic carbocycles. The number of nitrogens with two attached hydrogens (primary N) is 1. The average Bonchev–Trinajstić information content (AvgIpc) is 2.32. The van der Waals surface area contributed by atoms with Crippen LogP contribution in [0, 0.1) is 0 Å². The molecule has 2 N–H and O–H groups in total. The lowest BCUT2D eigenvalue weighted by Crippen LogP contribution is -2.02. The number of aromatic nitrogens is 2. The third kappa shape index (κ3) is 1.97. The van der Waals surface area contributed by atoms with Gasteiger partial charge in [-0.15, -0.1) is 11.8 Å². The van der Waals surface area contributed by atoms with E-state index >= 15 is 0 Å². The predicted octanol–water partition coefficient (Wildman–Crippen LogP) is 0.643. The van der Waals surface area contributed by atoms with Gasteiger partial charge in [-0.1, -0.05) is 0 Å². The first kappa shape index (κ1) is 8.62. The quantitative estimate of drug-likeness (QED) is 0.679. The molecule has 0 fully saturated rings. The van der Waals surface area contributed by atoms with Crippen LogP contribution < -0.4 is 5.73 Å². The molecule has 1 heterocycles. The highest BCUT2D eigenvalue weighted by Gasteiger charge is 2.03. The van der Waals surface area contributed by atoms with Crippen LogP contribution in [0.3, 0.4) is 0 Å². The molecule has 0 aliphatic heterocycles. The van der Waals surface area contributed by atoms with E-state index in [1.807, 2.05) is 24.2 Å². The first-order valence-electron chi connectivity index (χ1n) is 3.54. The van der Waals surface area contributed by atoms with E-state index in [2.05, 4.69) is 5.10 Å². The Morgan fingerprint density at radius 2 is 2.45 bits per heavy atom. The molecule has 1 aromatic rings. The summed E-state index contributed by atoms with van der Waals surface area (Å²) in [5.41, 5.74) is 6.70. The third-order valence-corrected chi connectivity index (χ3v) is 2.20. The zero-order valence-electron chi connectivity index (χ0n) is 6.87. The Labute approximate surface area is 71.0 Å². The topological polar surface area (TPSA) is 43.8 Å². The van der Waals surface area contributed by atoms with Crippen molar-refractivity contribution in [3.05, 3.63) is 11.8 Å². The van der Waals surface area contributed by atoms with E-state index in [1.54, 1.807) is 11.8 Å². The summed E-state index contributed by atoms with van der Waals surface area (Å²) in [4.78, 5) is 0. The van der Waals surface area contributed by atoms with E-state index < -0.39 is 0 Å². The van der Waals surface area contributed by atoms with Crippen LogP contribution in [-0.4, -0.2) is 22.6 Å². The van der Waals surface area contributed by atoms with Gasteiger partial charge in [0.1, 0.15) is 5.03 Å². The van der Waals surface area contributed by atoms with Gasteiger partial charge in [0.2, 0.25) is 0 Å². The monoisotopic (exact) mass is 171 g/mol. The molecule has 0 aliphatic carbocycles. The molecule has 0 unspecified atom stereocenters. The number of aryl methyl sites for hydroxylation is 1. The van der Waals surface area contributed by atoms with Crippen molar-refractivity contribution in [2.45, 2.75) is 11.4 Å². The minimum absolute atomic E-state index is 0.694. The lowest BCUT2D eigenvalue weighted by molar-refractivity contribution is 0.738. The van der Waals surface area contributed by atoms with Crippen molar-refractivity contribution < 1.29 is 0 Å². The fourth-order valence-electron chi connectivity index (χ4n) is 1.02. The van der Waals surface area contributed by atoms with Gasteiger partial charge >= 0.3 is 0 Å². The van der Waals surface area contributed by atoms with Gasteiger partial charge in [0, 0.05) is 18.8 Å². The molecule has 4 heteroatoms. The molecule has 1 rings (SSSR count). The molecule has 0 bridgehead atoms. The molecular weight excluding hydrogens is 158 g/mol. The number of rotatable bonds is 3. The minimum Gasteiger partial charge on any atom is -0.330 e. The number of hydrogen-bond acceptors (Lipinski definition) is 3. The van der Waals surface area contributed by atoms with E-state index in [4.69, 9.17) is 5.73 Å². The second-order valence-electron chi connectivity index (χ2n) is 2.38. The zero-order chi connectivity index (χ0) is 8.27. The van der Waals surface area contributed by atoms with Gasteiger partial charge in [-0.2, -0.15) is 5.10 Å². The zero-order valence-corrected chi connectivity index (χ0v) is 7.69. The molecule has 0 aliphatic rings. The Hall–Kier alpha value is -0.480. The fraction of sp³-hybridized carbons (Fsp3) is 0.571. The maximum absolute atomic E-state index is 5.45. The Morgan fingerprint density at radius 1 is 1.73 bits per heavy atom. The maximum atomic E-state index is 5.45. The van der Waals surface area contributed by atoms with Crippen molar-refractivity contribution in [3.8, 4) is 0 Å². The number of nitrogens with zero attached hydrogens (tertiary/aromatic N) is 2. The SMILES string of the molecule is CSc1nn(C)cc1CCN. The average molecular weight is 171 g/mol. The smallest absolute Gasteiger partial charge is 0.121 e. The highest BCUT2D eigenvalue weighted by atomic mass is 32.2. The summed E-state index contributed by atoms with van der Waals surface area (Å²) in [6.45, 7) is 0.694. The first-order valence-corrected chi connectivity index (χ1v) is 4.77. The summed E-state index contributed by atoms with van der Waals surface area (Å²) in [6.07, 6.45) is 4.98. The molecule has 0 saturated carbocycles. The summed E-state index contributed by atoms with van der Waals surface area (Å²) >= 11 is 1.67. The van der Waals surface area contributed by atoms with Crippen LogP contribution in [0.5, 0.6) is 0 Å². The van der Waals surface area contributed by atoms with Gasteiger partial charge < -0.3 is 5.73 Å². The molecule has 0 atom stereocenters. The molecule has 62 valence electrons. The summed E-state index contributed by atoms with van der Waals surface area (Å²) in [5.74, 6) is 0. The van der Waals surface area contributed by atoms with Crippen molar-refractivity contribution in [1.82, 2.24) is 9.78 Å². The van der Waals surface area contributed by atoms with Crippen LogP contribution in [0.4, 0.5) is 0 Å². The molecule has 0 amide bonds. The molecule has 1 aromatic heterocycles. The van der Waals surface area contributed by atoms with E-state index in [0.29, 0.717) is 6.54 Å². The normalized spacial score (nSPS) is 10.5. The Balaban J connectivity index is 2.83. The van der Waals surface area contributed by atoms with Gasteiger partial charge in [-0.25, -0.2) is 0 Å². The van der Waals surface area contributed by atoms with E-state index in [0.717, 1.165) is 11.4 Å². The van der Waals surface area contributed by atoms with Crippen molar-refractivity contribution in [2.75, 3.05) is 12.8 Å². The molecule has 11 heavy (non-hydrogen) atoms. The van der Waals surface area contributed by atoms with Crippen molar-refractivity contribution in [1.29, 1.82) is 0 Å². The Bertz CT molecular complexity index is 232. The first-order chi connectivity index (χ1) is 5.27. The summed E-state index contributed by atoms with van der Waals surface area (Å²) in [5, 5.41) is 5.37. The van der Waals surface area contributed by atoms with Crippen molar-refractivity contribution in [3.63, 3.8) is 0 Å². The standard InChI is InChI=1S/C7H13N3S/c1-10-5-6(3-4-8)7(9-10)11-2/h5H,3-4,8H2,1-2H3. The van der Waals surface area contributed by atoms with E-state index in [1.165, 1.54) is 5.56 Å². The van der Waals surface area contributed by atoms with Crippen LogP contribution in [-0.2, 0) is 13.5 Å². The van der Waals surface area contributed by atoms with Crippen molar-refractivity contribution in [2.24, 2.45) is 12.8 Å². The largest absolute Gasteiger partial charge is 0.330 e. The summed E-state index contributed by atoms with van der Waals surface area (Å²) in [6, 6.07) is 0. The molecular formula is C7H13N3S. The van der Waals surface area contributed by atoms with E-state index in [-0.39, 0.29) is 0 Å². The summed E-state index contributed by atoms with van der Waals surface area (Å²) < 4.78 is 1.83. The minimum atomic E-state index is 0.694. The van der Waals surface area contributed by atoms with E-state index in [9.17, 15) is 0 Å². The van der Waals surface area contributed by atoms with Gasteiger partial charge in [-0.3, -0.25) is 4.68 Å². The predicted molar refractivity (Wildman–Crippen MR) is 47.7 cm³/mol. The summed E-state index contributed by atoms with van der Waals surface area (Å²) in [7, 11) is 1.93. The third-order valence-electron chi connectivity index (χ3n) is 1.47. The highest BCUT2D eigenvalue weighted by Crippen LogP contribution is 2.17.